The van der Waals surface area contributed by atoms with Crippen LogP contribution in [0.2, 0.25) is 0 Å². The molecule has 0 spiro atoms. The molecule has 1 N–H and O–H groups in total. The van der Waals surface area contributed by atoms with Crippen LogP contribution in [0.3, 0.4) is 0 Å². The van der Waals surface area contributed by atoms with E-state index < -0.39 is 0 Å². The average molecular weight is 298 g/mol. The van der Waals surface area contributed by atoms with Gasteiger partial charge in [-0.1, -0.05) is 13.0 Å². The fraction of sp³-hybridized carbons (Fsp3) is 0.529. The molecule has 2 atom stereocenters. The van der Waals surface area contributed by atoms with Crippen LogP contribution < -0.4 is 15.8 Å². The molecule has 2 aliphatic heterocycles. The van der Waals surface area contributed by atoms with Crippen molar-refractivity contribution in [1.82, 2.24) is 14.7 Å². The van der Waals surface area contributed by atoms with E-state index >= 15 is 0 Å². The maximum atomic E-state index is 12.7. The summed E-state index contributed by atoms with van der Waals surface area (Å²) in [5, 5.41) is 3.59. The normalized spacial score (nSPS) is 24.7. The summed E-state index contributed by atoms with van der Waals surface area (Å²) >= 11 is 0. The summed E-state index contributed by atoms with van der Waals surface area (Å²) in [5.74, 6) is 1.60. The van der Waals surface area contributed by atoms with E-state index in [1.165, 1.54) is 6.42 Å². The molecule has 0 aliphatic carbocycles. The lowest BCUT2D eigenvalue weighted by atomic mass is 9.93. The zero-order chi connectivity index (χ0) is 15.1. The Hall–Kier alpha value is -1.88. The van der Waals surface area contributed by atoms with Gasteiger partial charge < -0.3 is 10.2 Å². The fourth-order valence-corrected chi connectivity index (χ4v) is 3.92. The second kappa shape index (κ2) is 5.39. The van der Waals surface area contributed by atoms with Crippen LogP contribution in [0.4, 0.5) is 5.82 Å². The molecular weight excluding hydrogens is 276 g/mol. The van der Waals surface area contributed by atoms with Crippen molar-refractivity contribution in [2.24, 2.45) is 5.92 Å². The van der Waals surface area contributed by atoms with Gasteiger partial charge in [0, 0.05) is 25.3 Å². The molecule has 0 bridgehead atoms. The minimum absolute atomic E-state index is 0.0785. The third kappa shape index (κ3) is 2.11. The summed E-state index contributed by atoms with van der Waals surface area (Å²) in [4.78, 5) is 19.9. The quantitative estimate of drug-likeness (QED) is 0.911. The molecule has 0 aromatic carbocycles. The molecule has 0 radical (unpaired) electrons. The van der Waals surface area contributed by atoms with Crippen LogP contribution in [0.5, 0.6) is 0 Å². The number of hydrogen-bond donors (Lipinski definition) is 1. The Morgan fingerprint density at radius 3 is 3.14 bits per heavy atom. The number of nitrogens with zero attached hydrogens (tertiary/aromatic N) is 3. The monoisotopic (exact) mass is 298 g/mol. The third-order valence-corrected chi connectivity index (χ3v) is 5.11. The van der Waals surface area contributed by atoms with Gasteiger partial charge in [-0.3, -0.25) is 9.20 Å². The van der Waals surface area contributed by atoms with E-state index in [1.54, 1.807) is 10.6 Å². The lowest BCUT2D eigenvalue weighted by molar-refractivity contribution is 0.374. The van der Waals surface area contributed by atoms with Crippen LogP contribution in [0.25, 0.3) is 5.65 Å². The number of pyridine rings is 1. The topological polar surface area (TPSA) is 49.6 Å². The van der Waals surface area contributed by atoms with Crippen molar-refractivity contribution in [2.75, 3.05) is 24.5 Å². The van der Waals surface area contributed by atoms with Gasteiger partial charge in [-0.05, 0) is 43.9 Å². The van der Waals surface area contributed by atoms with Crippen molar-refractivity contribution in [1.29, 1.82) is 0 Å². The predicted molar refractivity (Wildman–Crippen MR) is 87.6 cm³/mol. The summed E-state index contributed by atoms with van der Waals surface area (Å²) in [6, 6.07) is 6.38. The summed E-state index contributed by atoms with van der Waals surface area (Å²) in [6.07, 6.45) is 4.90. The Kier molecular flexibility index (Phi) is 3.37. The van der Waals surface area contributed by atoms with E-state index in [0.717, 1.165) is 49.5 Å². The molecule has 22 heavy (non-hydrogen) atoms. The van der Waals surface area contributed by atoms with Gasteiger partial charge in [0.1, 0.15) is 11.5 Å². The maximum absolute atomic E-state index is 12.7. The SMILES string of the molecule is CCc1c(N2CCC3NCCC3C2)nc2ccccn2c1=O. The molecule has 4 rings (SSSR count). The standard InChI is InChI=1S/C17H22N4O/c1-2-13-16(19-15-5-3-4-9-21(15)17(13)22)20-10-7-14-12(11-20)6-8-18-14/h3-5,9,12,14,18H,2,6-8,10-11H2,1H3. The van der Waals surface area contributed by atoms with Crippen molar-refractivity contribution in [2.45, 2.75) is 32.2 Å². The zero-order valence-electron chi connectivity index (χ0n) is 13.0. The number of anilines is 1. The number of piperidine rings is 1. The molecular formula is C17H22N4O. The first kappa shape index (κ1) is 13.8. The Labute approximate surface area is 130 Å². The lowest BCUT2D eigenvalue weighted by Crippen LogP contribution is -2.45. The first-order chi connectivity index (χ1) is 10.8. The van der Waals surface area contributed by atoms with Gasteiger partial charge in [0.05, 0.1) is 5.56 Å². The predicted octanol–water partition coefficient (Wildman–Crippen LogP) is 1.45. The molecule has 5 heteroatoms. The molecule has 2 aliphatic rings. The highest BCUT2D eigenvalue weighted by Gasteiger charge is 2.34. The van der Waals surface area contributed by atoms with Crippen LogP contribution in [0, 0.1) is 5.92 Å². The molecule has 2 unspecified atom stereocenters. The third-order valence-electron chi connectivity index (χ3n) is 5.11. The van der Waals surface area contributed by atoms with Gasteiger partial charge in [0.2, 0.25) is 0 Å². The highest BCUT2D eigenvalue weighted by molar-refractivity contribution is 5.54. The minimum Gasteiger partial charge on any atom is -0.356 e. The number of fused-ring (bicyclic) bond motifs is 2. The molecule has 116 valence electrons. The van der Waals surface area contributed by atoms with Crippen LogP contribution in [0.15, 0.2) is 29.2 Å². The number of rotatable bonds is 2. The fourth-order valence-electron chi connectivity index (χ4n) is 3.92. The van der Waals surface area contributed by atoms with Crippen LogP contribution in [-0.2, 0) is 6.42 Å². The number of aromatic nitrogens is 2. The first-order valence-corrected chi connectivity index (χ1v) is 8.26. The smallest absolute Gasteiger partial charge is 0.263 e. The van der Waals surface area contributed by atoms with Gasteiger partial charge in [0.25, 0.3) is 5.56 Å². The summed E-state index contributed by atoms with van der Waals surface area (Å²) in [5.41, 5.74) is 1.66. The first-order valence-electron chi connectivity index (χ1n) is 8.26. The molecule has 2 aromatic rings. The Balaban J connectivity index is 1.79. The highest BCUT2D eigenvalue weighted by atomic mass is 16.1. The molecule has 0 amide bonds. The van der Waals surface area contributed by atoms with Gasteiger partial charge >= 0.3 is 0 Å². The number of nitrogens with one attached hydrogen (secondary N) is 1. The van der Waals surface area contributed by atoms with Gasteiger partial charge in [-0.25, -0.2) is 4.98 Å². The van der Waals surface area contributed by atoms with Crippen molar-refractivity contribution >= 4 is 11.5 Å². The van der Waals surface area contributed by atoms with Gasteiger partial charge in [-0.2, -0.15) is 0 Å². The van der Waals surface area contributed by atoms with E-state index in [9.17, 15) is 4.79 Å². The Morgan fingerprint density at radius 2 is 2.27 bits per heavy atom. The summed E-state index contributed by atoms with van der Waals surface area (Å²) in [6.45, 7) is 5.16. The van der Waals surface area contributed by atoms with E-state index in [1.807, 2.05) is 25.1 Å². The van der Waals surface area contributed by atoms with Crippen LogP contribution >= 0.6 is 0 Å². The molecule has 2 fully saturated rings. The summed E-state index contributed by atoms with van der Waals surface area (Å²) < 4.78 is 1.66. The van der Waals surface area contributed by atoms with Crippen molar-refractivity contribution < 1.29 is 0 Å². The second-order valence-electron chi connectivity index (χ2n) is 6.35. The van der Waals surface area contributed by atoms with Crippen molar-refractivity contribution in [3.8, 4) is 0 Å². The van der Waals surface area contributed by atoms with E-state index in [-0.39, 0.29) is 5.56 Å². The largest absolute Gasteiger partial charge is 0.356 e. The van der Waals surface area contributed by atoms with E-state index in [4.69, 9.17) is 4.98 Å². The molecule has 4 heterocycles. The maximum Gasteiger partial charge on any atom is 0.263 e. The average Bonchev–Trinajstić information content (AvgIpc) is 3.02. The van der Waals surface area contributed by atoms with Gasteiger partial charge in [0.15, 0.2) is 0 Å². The molecule has 2 saturated heterocycles. The van der Waals surface area contributed by atoms with Crippen molar-refractivity contribution in [3.63, 3.8) is 0 Å². The van der Waals surface area contributed by atoms with Crippen LogP contribution in [-0.4, -0.2) is 35.1 Å². The Morgan fingerprint density at radius 1 is 1.36 bits per heavy atom. The number of hydrogen-bond acceptors (Lipinski definition) is 4. The molecule has 2 aromatic heterocycles. The molecule has 5 nitrogen and oxygen atoms in total. The van der Waals surface area contributed by atoms with Crippen LogP contribution in [0.1, 0.15) is 25.3 Å². The lowest BCUT2D eigenvalue weighted by Gasteiger charge is -2.36. The van der Waals surface area contributed by atoms with Gasteiger partial charge in [-0.15, -0.1) is 0 Å². The second-order valence-corrected chi connectivity index (χ2v) is 6.35. The van der Waals surface area contributed by atoms with Crippen molar-refractivity contribution in [3.05, 3.63) is 40.3 Å². The Bertz CT molecular complexity index is 754. The zero-order valence-corrected chi connectivity index (χ0v) is 13.0. The van der Waals surface area contributed by atoms with E-state index in [2.05, 4.69) is 10.2 Å². The summed E-state index contributed by atoms with van der Waals surface area (Å²) in [7, 11) is 0. The highest BCUT2D eigenvalue weighted by Crippen LogP contribution is 2.28. The van der Waals surface area contributed by atoms with E-state index in [0.29, 0.717) is 12.0 Å². The molecule has 0 saturated carbocycles. The minimum atomic E-state index is 0.0785.